The summed E-state index contributed by atoms with van der Waals surface area (Å²) in [7, 11) is 0. The second-order valence-electron chi connectivity index (χ2n) is 3.83. The van der Waals surface area contributed by atoms with Crippen LogP contribution in [0.4, 0.5) is 3.89 Å². The number of ketones is 1. The van der Waals surface area contributed by atoms with E-state index in [4.69, 9.17) is 5.26 Å². The van der Waals surface area contributed by atoms with E-state index >= 15 is 0 Å². The summed E-state index contributed by atoms with van der Waals surface area (Å²) >= 11 is 0.178. The Balaban J connectivity index is 2.60. The molecule has 0 saturated heterocycles. The van der Waals surface area contributed by atoms with Gasteiger partial charge in [-0.2, -0.15) is 9.15 Å². The normalized spacial score (nSPS) is 10.5. The molecule has 0 radical (unpaired) electrons. The number of carbonyl (C=O) groups excluding carboxylic acids is 1. The van der Waals surface area contributed by atoms with Gasteiger partial charge in [-0.3, -0.25) is 4.79 Å². The number of hydrogen-bond donors (Lipinski definition) is 0. The van der Waals surface area contributed by atoms with Crippen molar-refractivity contribution in [3.8, 4) is 6.07 Å². The summed E-state index contributed by atoms with van der Waals surface area (Å²) in [4.78, 5) is 12.3. The van der Waals surface area contributed by atoms with Crippen molar-refractivity contribution in [1.82, 2.24) is 4.57 Å². The molecule has 5 heteroatoms. The summed E-state index contributed by atoms with van der Waals surface area (Å²) in [5, 5.41) is 9.41. The first-order valence-electron chi connectivity index (χ1n) is 5.53. The fourth-order valence-electron chi connectivity index (χ4n) is 2.03. The van der Waals surface area contributed by atoms with Crippen LogP contribution in [0, 0.1) is 11.3 Å². The highest BCUT2D eigenvalue weighted by atomic mass is 32.2. The first kappa shape index (κ1) is 12.7. The maximum absolute atomic E-state index is 12.5. The Morgan fingerprint density at radius 3 is 2.89 bits per heavy atom. The Morgan fingerprint density at radius 1 is 1.50 bits per heavy atom. The zero-order chi connectivity index (χ0) is 13.1. The van der Waals surface area contributed by atoms with Crippen LogP contribution in [0.15, 0.2) is 29.2 Å². The molecule has 1 aromatic carbocycles. The van der Waals surface area contributed by atoms with E-state index in [0.29, 0.717) is 17.1 Å². The number of aromatic nitrogens is 1. The second kappa shape index (κ2) is 5.23. The number of fused-ring (bicyclic) bond motifs is 1. The Kier molecular flexibility index (Phi) is 3.68. The summed E-state index contributed by atoms with van der Waals surface area (Å²) < 4.78 is 14.4. The minimum atomic E-state index is -0.204. The molecule has 2 rings (SSSR count). The summed E-state index contributed by atoms with van der Waals surface area (Å²) in [5.41, 5.74) is 1.40. The van der Waals surface area contributed by atoms with Crippen molar-refractivity contribution >= 4 is 28.8 Å². The van der Waals surface area contributed by atoms with Gasteiger partial charge in [0.05, 0.1) is 23.9 Å². The van der Waals surface area contributed by atoms with E-state index < -0.39 is 0 Å². The monoisotopic (exact) mass is 262 g/mol. The molecular formula is C13H11FN2OS. The molecule has 0 atom stereocenters. The van der Waals surface area contributed by atoms with E-state index in [1.165, 1.54) is 0 Å². The van der Waals surface area contributed by atoms with Crippen molar-refractivity contribution in [2.24, 2.45) is 0 Å². The number of halogens is 1. The molecular weight excluding hydrogens is 251 g/mol. The fourth-order valence-corrected chi connectivity index (χ4v) is 2.32. The molecule has 0 fully saturated rings. The number of nitriles is 1. The number of Topliss-reactive ketones (excluding diaryl/α,β-unsaturated/α-hetero) is 1. The highest BCUT2D eigenvalue weighted by Gasteiger charge is 2.14. The third-order valence-corrected chi connectivity index (χ3v) is 3.24. The van der Waals surface area contributed by atoms with Gasteiger partial charge in [0.1, 0.15) is 6.42 Å². The van der Waals surface area contributed by atoms with E-state index in [9.17, 15) is 8.68 Å². The number of carbonyl (C=O) groups is 1. The van der Waals surface area contributed by atoms with Crippen LogP contribution in [0.3, 0.4) is 0 Å². The fraction of sp³-hybridized carbons (Fsp3) is 0.231. The molecule has 1 heterocycles. The number of benzene rings is 1. The van der Waals surface area contributed by atoms with E-state index in [1.54, 1.807) is 24.3 Å². The van der Waals surface area contributed by atoms with E-state index in [-0.39, 0.29) is 24.4 Å². The largest absolute Gasteiger partial charge is 0.338 e. The maximum Gasteiger partial charge on any atom is 0.193 e. The molecule has 0 unspecified atom stereocenters. The number of nitrogens with zero attached hydrogens (tertiary/aromatic N) is 2. The van der Waals surface area contributed by atoms with Crippen molar-refractivity contribution in [1.29, 1.82) is 5.26 Å². The van der Waals surface area contributed by atoms with Gasteiger partial charge in [0.15, 0.2) is 5.78 Å². The minimum absolute atomic E-state index is 0.138. The van der Waals surface area contributed by atoms with Gasteiger partial charge in [0.2, 0.25) is 0 Å². The van der Waals surface area contributed by atoms with E-state index in [2.05, 4.69) is 0 Å². The van der Waals surface area contributed by atoms with Crippen LogP contribution in [0.25, 0.3) is 10.9 Å². The van der Waals surface area contributed by atoms with Crippen molar-refractivity contribution in [3.05, 3.63) is 30.0 Å². The number of aryl methyl sites for hydroxylation is 1. The van der Waals surface area contributed by atoms with E-state index in [1.807, 2.05) is 17.6 Å². The molecule has 92 valence electrons. The van der Waals surface area contributed by atoms with Crippen LogP contribution in [-0.4, -0.2) is 10.4 Å². The molecule has 0 aliphatic heterocycles. The Bertz CT molecular complexity index is 642. The molecule has 0 bridgehead atoms. The second-order valence-corrected chi connectivity index (χ2v) is 4.46. The molecule has 1 aromatic heterocycles. The lowest BCUT2D eigenvalue weighted by Crippen LogP contribution is -2.07. The van der Waals surface area contributed by atoms with Crippen molar-refractivity contribution in [2.75, 3.05) is 0 Å². The molecule has 0 aliphatic rings. The van der Waals surface area contributed by atoms with Gasteiger partial charge < -0.3 is 4.57 Å². The summed E-state index contributed by atoms with van der Waals surface area (Å²) in [6.45, 7) is 2.57. The van der Waals surface area contributed by atoms with Gasteiger partial charge in [-0.15, -0.1) is 0 Å². The van der Waals surface area contributed by atoms with E-state index in [0.717, 1.165) is 10.9 Å². The third-order valence-electron chi connectivity index (χ3n) is 2.80. The van der Waals surface area contributed by atoms with Crippen LogP contribution in [0.1, 0.15) is 23.8 Å². The van der Waals surface area contributed by atoms with Crippen LogP contribution < -0.4 is 0 Å². The van der Waals surface area contributed by atoms with Gasteiger partial charge in [-0.05, 0) is 31.2 Å². The van der Waals surface area contributed by atoms with Gasteiger partial charge in [0.25, 0.3) is 0 Å². The molecule has 2 aromatic rings. The van der Waals surface area contributed by atoms with Gasteiger partial charge in [0, 0.05) is 22.3 Å². The summed E-state index contributed by atoms with van der Waals surface area (Å²) in [5.74, 6) is -0.204. The van der Waals surface area contributed by atoms with Crippen molar-refractivity contribution < 1.29 is 8.68 Å². The number of rotatable bonds is 4. The van der Waals surface area contributed by atoms with Crippen LogP contribution in [0.5, 0.6) is 0 Å². The Labute approximate surface area is 108 Å². The Hall–Kier alpha value is -1.80. The smallest absolute Gasteiger partial charge is 0.193 e. The third kappa shape index (κ3) is 2.12. The highest BCUT2D eigenvalue weighted by molar-refractivity contribution is 7.94. The lowest BCUT2D eigenvalue weighted by Gasteiger charge is -2.05. The first-order chi connectivity index (χ1) is 8.71. The van der Waals surface area contributed by atoms with Crippen molar-refractivity contribution in [2.45, 2.75) is 24.8 Å². The minimum Gasteiger partial charge on any atom is -0.338 e. The van der Waals surface area contributed by atoms with Crippen LogP contribution >= 0.6 is 12.1 Å². The van der Waals surface area contributed by atoms with Crippen LogP contribution in [-0.2, 0) is 6.54 Å². The lowest BCUT2D eigenvalue weighted by molar-refractivity contribution is 0.0989. The zero-order valence-corrected chi connectivity index (χ0v) is 10.6. The SMILES string of the molecule is CCn1c(C(=O)CC#N)cc2cc(SF)ccc21. The molecule has 0 spiro atoms. The molecule has 0 amide bonds. The average Bonchev–Trinajstić information content (AvgIpc) is 2.76. The van der Waals surface area contributed by atoms with Gasteiger partial charge in [-0.1, -0.05) is 0 Å². The molecule has 0 aliphatic carbocycles. The summed E-state index contributed by atoms with van der Waals surface area (Å²) in [6.07, 6.45) is -0.138. The topological polar surface area (TPSA) is 45.8 Å². The Morgan fingerprint density at radius 2 is 2.28 bits per heavy atom. The standard InChI is InChI=1S/C13H11FN2OS/c1-2-16-11-4-3-10(18-14)7-9(11)8-12(16)13(17)5-6-15/h3-4,7-8H,2,5H2,1H3. The predicted octanol–water partition coefficient (Wildman–Crippen LogP) is 3.73. The quantitative estimate of drug-likeness (QED) is 0.788. The first-order valence-corrected chi connectivity index (χ1v) is 6.25. The highest BCUT2D eigenvalue weighted by Crippen LogP contribution is 2.27. The predicted molar refractivity (Wildman–Crippen MR) is 69.1 cm³/mol. The number of hydrogen-bond acceptors (Lipinski definition) is 3. The van der Waals surface area contributed by atoms with Crippen molar-refractivity contribution in [3.63, 3.8) is 0 Å². The lowest BCUT2D eigenvalue weighted by atomic mass is 10.2. The molecule has 3 nitrogen and oxygen atoms in total. The maximum atomic E-state index is 12.5. The van der Waals surface area contributed by atoms with Gasteiger partial charge >= 0.3 is 0 Å². The zero-order valence-electron chi connectivity index (χ0n) is 9.81. The average molecular weight is 262 g/mol. The molecule has 0 N–H and O–H groups in total. The van der Waals surface area contributed by atoms with Crippen LogP contribution in [0.2, 0.25) is 0 Å². The molecule has 0 saturated carbocycles. The summed E-state index contributed by atoms with van der Waals surface area (Å²) in [6, 6.07) is 8.76. The molecule has 18 heavy (non-hydrogen) atoms. The van der Waals surface area contributed by atoms with Gasteiger partial charge in [-0.25, -0.2) is 0 Å².